The number of hydrogen-bond donors (Lipinski definition) is 0. The fourth-order valence-corrected chi connectivity index (χ4v) is 9.59. The first-order valence-electron chi connectivity index (χ1n) is 8.17. The van der Waals surface area contributed by atoms with Crippen LogP contribution in [-0.2, 0) is 17.6 Å². The fraction of sp³-hybridized carbons (Fsp3) is 0.333. The molecule has 29 heavy (non-hydrogen) atoms. The predicted octanol–water partition coefficient (Wildman–Crippen LogP) is 11.9. The highest BCUT2D eigenvalue weighted by molar-refractivity contribution is 9.16. The van der Waals surface area contributed by atoms with Crippen molar-refractivity contribution in [3.63, 3.8) is 0 Å². The van der Waals surface area contributed by atoms with E-state index in [0.29, 0.717) is 0 Å². The molecular weight excluding hydrogens is 1030 g/mol. The first kappa shape index (κ1) is 28.4. The predicted molar refractivity (Wildman–Crippen MR) is 157 cm³/mol. The standard InChI is InChI=1S/C18H12Br10O/c19-9-7(10(20)14(24)17(27)13(9)23)3-1-5-29-6-2-4-8-11(21)15(25)18(28)16(26)12(8)22/h1-6H2. The zero-order valence-electron chi connectivity index (χ0n) is 14.4. The highest BCUT2D eigenvalue weighted by Crippen LogP contribution is 2.46. The summed E-state index contributed by atoms with van der Waals surface area (Å²) in [5.74, 6) is 0. The maximum atomic E-state index is 5.88. The summed E-state index contributed by atoms with van der Waals surface area (Å²) in [6.07, 6.45) is 3.71. The molecule has 0 radical (unpaired) electrons. The number of ether oxygens (including phenoxy) is 1. The lowest BCUT2D eigenvalue weighted by atomic mass is 10.1. The fourth-order valence-electron chi connectivity index (χ4n) is 2.54. The highest BCUT2D eigenvalue weighted by Gasteiger charge is 2.18. The van der Waals surface area contributed by atoms with Gasteiger partial charge in [0.15, 0.2) is 0 Å². The molecule has 0 amide bonds. The lowest BCUT2D eigenvalue weighted by molar-refractivity contribution is 0.129. The van der Waals surface area contributed by atoms with Crippen LogP contribution in [0.2, 0.25) is 0 Å². The molecule has 2 aromatic rings. The zero-order chi connectivity index (χ0) is 21.9. The van der Waals surface area contributed by atoms with Crippen LogP contribution in [0.3, 0.4) is 0 Å². The van der Waals surface area contributed by atoms with Crippen molar-refractivity contribution in [3.05, 3.63) is 55.9 Å². The van der Waals surface area contributed by atoms with E-state index in [-0.39, 0.29) is 0 Å². The first-order chi connectivity index (χ1) is 13.6. The lowest BCUT2D eigenvalue weighted by Crippen LogP contribution is -2.02. The molecule has 0 aliphatic carbocycles. The summed E-state index contributed by atoms with van der Waals surface area (Å²) in [6.45, 7) is 1.44. The highest BCUT2D eigenvalue weighted by atomic mass is 79.9. The van der Waals surface area contributed by atoms with Crippen LogP contribution in [0.5, 0.6) is 0 Å². The summed E-state index contributed by atoms with van der Waals surface area (Å²) < 4.78 is 16.1. The Labute approximate surface area is 254 Å². The number of benzene rings is 2. The van der Waals surface area contributed by atoms with E-state index in [9.17, 15) is 0 Å². The van der Waals surface area contributed by atoms with Crippen molar-refractivity contribution in [2.45, 2.75) is 25.7 Å². The average molecular weight is 1040 g/mol. The molecule has 0 saturated heterocycles. The van der Waals surface area contributed by atoms with Crippen molar-refractivity contribution >= 4 is 159 Å². The van der Waals surface area contributed by atoms with Crippen molar-refractivity contribution in [2.24, 2.45) is 0 Å². The molecular formula is C18H12Br10O. The van der Waals surface area contributed by atoms with Gasteiger partial charge in [0.05, 0.1) is 0 Å². The average Bonchev–Trinajstić information content (AvgIpc) is 2.71. The van der Waals surface area contributed by atoms with E-state index in [0.717, 1.165) is 83.6 Å². The molecule has 0 saturated carbocycles. The van der Waals surface area contributed by atoms with Gasteiger partial charge in [-0.3, -0.25) is 0 Å². The van der Waals surface area contributed by atoms with Gasteiger partial charge in [-0.25, -0.2) is 0 Å². The minimum atomic E-state index is 0.722. The summed E-state index contributed by atoms with van der Waals surface area (Å²) in [4.78, 5) is 0. The Kier molecular flexibility index (Phi) is 13.1. The van der Waals surface area contributed by atoms with Gasteiger partial charge in [-0.05, 0) is 196 Å². The van der Waals surface area contributed by atoms with Crippen LogP contribution < -0.4 is 0 Å². The van der Waals surface area contributed by atoms with Crippen molar-refractivity contribution in [2.75, 3.05) is 13.2 Å². The number of hydrogen-bond acceptors (Lipinski definition) is 1. The summed E-state index contributed by atoms with van der Waals surface area (Å²) in [5.41, 5.74) is 2.43. The molecule has 2 aromatic carbocycles. The molecule has 0 aliphatic heterocycles. The van der Waals surface area contributed by atoms with Gasteiger partial charge in [0.1, 0.15) is 0 Å². The van der Waals surface area contributed by atoms with Crippen LogP contribution in [0, 0.1) is 0 Å². The molecule has 0 aromatic heterocycles. The van der Waals surface area contributed by atoms with Gasteiger partial charge in [-0.1, -0.05) is 0 Å². The third kappa shape index (κ3) is 7.10. The van der Waals surface area contributed by atoms with Crippen LogP contribution in [0.25, 0.3) is 0 Å². The van der Waals surface area contributed by atoms with Crippen molar-refractivity contribution in [1.82, 2.24) is 0 Å². The molecule has 0 unspecified atom stereocenters. The van der Waals surface area contributed by atoms with Crippen LogP contribution in [0.1, 0.15) is 24.0 Å². The summed E-state index contributed by atoms with van der Waals surface area (Å²) in [5, 5.41) is 0. The first-order valence-corrected chi connectivity index (χ1v) is 16.1. The lowest BCUT2D eigenvalue weighted by Gasteiger charge is -2.14. The molecule has 0 fully saturated rings. The Morgan fingerprint density at radius 3 is 0.897 bits per heavy atom. The van der Waals surface area contributed by atoms with Crippen molar-refractivity contribution < 1.29 is 4.74 Å². The molecule has 160 valence electrons. The quantitative estimate of drug-likeness (QED) is 0.145. The van der Waals surface area contributed by atoms with Crippen molar-refractivity contribution in [1.29, 1.82) is 0 Å². The Hall–Kier alpha value is 3.20. The van der Waals surface area contributed by atoms with Gasteiger partial charge in [0.2, 0.25) is 0 Å². The molecule has 0 N–H and O–H groups in total. The maximum Gasteiger partial charge on any atom is 0.0482 e. The maximum absolute atomic E-state index is 5.88. The molecule has 0 heterocycles. The summed E-state index contributed by atoms with van der Waals surface area (Å²) in [6, 6.07) is 0. The molecule has 0 bridgehead atoms. The van der Waals surface area contributed by atoms with Crippen LogP contribution in [-0.4, -0.2) is 13.2 Å². The minimum Gasteiger partial charge on any atom is -0.381 e. The second-order valence-corrected chi connectivity index (χ2v) is 13.8. The van der Waals surface area contributed by atoms with E-state index in [4.69, 9.17) is 4.74 Å². The zero-order valence-corrected chi connectivity index (χ0v) is 30.3. The van der Waals surface area contributed by atoms with Gasteiger partial charge in [-0.15, -0.1) is 0 Å². The van der Waals surface area contributed by atoms with Gasteiger partial charge in [0.25, 0.3) is 0 Å². The number of rotatable bonds is 8. The Balaban J connectivity index is 1.84. The molecule has 0 aliphatic rings. The monoisotopic (exact) mass is 1030 g/mol. The van der Waals surface area contributed by atoms with E-state index in [2.05, 4.69) is 159 Å². The van der Waals surface area contributed by atoms with Crippen LogP contribution in [0.4, 0.5) is 0 Å². The van der Waals surface area contributed by atoms with E-state index in [1.807, 2.05) is 0 Å². The van der Waals surface area contributed by atoms with E-state index < -0.39 is 0 Å². The van der Waals surface area contributed by atoms with Crippen LogP contribution in [0.15, 0.2) is 44.7 Å². The molecule has 1 nitrogen and oxygen atoms in total. The van der Waals surface area contributed by atoms with E-state index in [1.165, 1.54) is 11.1 Å². The largest absolute Gasteiger partial charge is 0.381 e. The van der Waals surface area contributed by atoms with Gasteiger partial charge in [0, 0.05) is 57.9 Å². The topological polar surface area (TPSA) is 9.23 Å². The Bertz CT molecular complexity index is 781. The van der Waals surface area contributed by atoms with Gasteiger partial charge >= 0.3 is 0 Å². The normalized spacial score (nSPS) is 11.4. The minimum absolute atomic E-state index is 0.722. The third-order valence-electron chi connectivity index (χ3n) is 4.03. The summed E-state index contributed by atoms with van der Waals surface area (Å²) in [7, 11) is 0. The van der Waals surface area contributed by atoms with Gasteiger partial charge < -0.3 is 4.74 Å². The Morgan fingerprint density at radius 2 is 0.621 bits per heavy atom. The second kappa shape index (κ2) is 13.3. The SMILES string of the molecule is Brc1c(Br)c(Br)c(CCCOCCCc2c(Br)c(Br)c(Br)c(Br)c2Br)c(Br)c1Br. The number of halogens is 10. The van der Waals surface area contributed by atoms with Gasteiger partial charge in [-0.2, -0.15) is 0 Å². The van der Waals surface area contributed by atoms with E-state index >= 15 is 0 Å². The molecule has 2 rings (SSSR count). The van der Waals surface area contributed by atoms with Crippen LogP contribution >= 0.6 is 159 Å². The van der Waals surface area contributed by atoms with Crippen molar-refractivity contribution in [3.8, 4) is 0 Å². The second-order valence-electron chi connectivity index (χ2n) is 5.92. The third-order valence-corrected chi connectivity index (χ3v) is 16.5. The summed E-state index contributed by atoms with van der Waals surface area (Å²) >= 11 is 36.3. The van der Waals surface area contributed by atoms with E-state index in [1.54, 1.807) is 0 Å². The molecule has 0 atom stereocenters. The Morgan fingerprint density at radius 1 is 0.379 bits per heavy atom. The smallest absolute Gasteiger partial charge is 0.0482 e. The molecule has 11 heteroatoms. The molecule has 0 spiro atoms.